The van der Waals surface area contributed by atoms with Crippen molar-refractivity contribution in [3.8, 4) is 0 Å². The number of halogens is 1. The fourth-order valence-electron chi connectivity index (χ4n) is 2.03. The summed E-state index contributed by atoms with van der Waals surface area (Å²) in [6, 6.07) is 4.86. The van der Waals surface area contributed by atoms with Gasteiger partial charge in [-0.15, -0.1) is 0 Å². The van der Waals surface area contributed by atoms with E-state index in [-0.39, 0.29) is 5.82 Å². The SMILES string of the molecule is OC1Cc2nc3cccc(F)c3n2C1. The van der Waals surface area contributed by atoms with Crippen LogP contribution >= 0.6 is 0 Å². The number of rotatable bonds is 0. The molecule has 1 aromatic heterocycles. The number of nitrogens with zero attached hydrogens (tertiary/aromatic N) is 2. The van der Waals surface area contributed by atoms with Crippen LogP contribution in [0.4, 0.5) is 4.39 Å². The molecular formula is C10H9FN2O. The number of imidazole rings is 1. The number of fused-ring (bicyclic) bond motifs is 3. The van der Waals surface area contributed by atoms with Crippen LogP contribution < -0.4 is 0 Å². The molecule has 1 unspecified atom stereocenters. The number of benzene rings is 1. The highest BCUT2D eigenvalue weighted by Gasteiger charge is 2.24. The summed E-state index contributed by atoms with van der Waals surface area (Å²) in [4.78, 5) is 4.27. The van der Waals surface area contributed by atoms with Crippen LogP contribution in [0.15, 0.2) is 18.2 Å². The minimum absolute atomic E-state index is 0.268. The van der Waals surface area contributed by atoms with Crippen molar-refractivity contribution in [3.05, 3.63) is 29.8 Å². The van der Waals surface area contributed by atoms with E-state index in [9.17, 15) is 9.50 Å². The molecule has 1 aliphatic heterocycles. The normalized spacial score (nSPS) is 20.3. The second-order valence-electron chi connectivity index (χ2n) is 3.60. The third kappa shape index (κ3) is 0.915. The van der Waals surface area contributed by atoms with Gasteiger partial charge in [-0.1, -0.05) is 6.07 Å². The zero-order chi connectivity index (χ0) is 9.71. The lowest BCUT2D eigenvalue weighted by Crippen LogP contribution is -2.07. The molecule has 3 nitrogen and oxygen atoms in total. The van der Waals surface area contributed by atoms with Gasteiger partial charge in [0.1, 0.15) is 17.2 Å². The van der Waals surface area contributed by atoms with E-state index in [0.29, 0.717) is 24.0 Å². The van der Waals surface area contributed by atoms with Gasteiger partial charge in [0.05, 0.1) is 18.2 Å². The third-order valence-corrected chi connectivity index (χ3v) is 2.61. The zero-order valence-electron chi connectivity index (χ0n) is 7.44. The van der Waals surface area contributed by atoms with Gasteiger partial charge in [-0.2, -0.15) is 0 Å². The van der Waals surface area contributed by atoms with Gasteiger partial charge in [0.15, 0.2) is 0 Å². The van der Waals surface area contributed by atoms with E-state index in [2.05, 4.69) is 4.98 Å². The number of hydrogen-bond donors (Lipinski definition) is 1. The van der Waals surface area contributed by atoms with Crippen molar-refractivity contribution in [1.82, 2.24) is 9.55 Å². The van der Waals surface area contributed by atoms with Crippen molar-refractivity contribution >= 4 is 11.0 Å². The standard InChI is InChI=1S/C10H9FN2O/c11-7-2-1-3-8-10(7)13-5-6(14)4-9(13)12-8/h1-3,6,14H,4-5H2. The Morgan fingerprint density at radius 2 is 2.36 bits per heavy atom. The molecule has 1 aromatic carbocycles. The molecule has 2 aromatic rings. The number of hydrogen-bond acceptors (Lipinski definition) is 2. The predicted octanol–water partition coefficient (Wildman–Crippen LogP) is 1.09. The Morgan fingerprint density at radius 3 is 3.21 bits per heavy atom. The van der Waals surface area contributed by atoms with Crippen LogP contribution in [-0.4, -0.2) is 20.8 Å². The molecule has 0 radical (unpaired) electrons. The van der Waals surface area contributed by atoms with Crippen LogP contribution in [0.25, 0.3) is 11.0 Å². The Bertz CT molecular complexity index is 506. The predicted molar refractivity (Wildman–Crippen MR) is 49.4 cm³/mol. The summed E-state index contributed by atoms with van der Waals surface area (Å²) >= 11 is 0. The average Bonchev–Trinajstić information content (AvgIpc) is 2.60. The summed E-state index contributed by atoms with van der Waals surface area (Å²) in [6.45, 7) is 0.451. The largest absolute Gasteiger partial charge is 0.391 e. The highest BCUT2D eigenvalue weighted by molar-refractivity contribution is 5.77. The molecule has 14 heavy (non-hydrogen) atoms. The molecule has 0 saturated heterocycles. The first-order valence-electron chi connectivity index (χ1n) is 4.57. The monoisotopic (exact) mass is 192 g/mol. The topological polar surface area (TPSA) is 38.1 Å². The van der Waals surface area contributed by atoms with Crippen LogP contribution in [0, 0.1) is 5.82 Å². The van der Waals surface area contributed by atoms with Crippen LogP contribution in [0.2, 0.25) is 0 Å². The van der Waals surface area contributed by atoms with E-state index in [1.807, 2.05) is 0 Å². The number of aliphatic hydroxyl groups is 1. The van der Waals surface area contributed by atoms with Gasteiger partial charge in [0.25, 0.3) is 0 Å². The van der Waals surface area contributed by atoms with Crippen molar-refractivity contribution in [1.29, 1.82) is 0 Å². The van der Waals surface area contributed by atoms with Crippen molar-refractivity contribution in [2.45, 2.75) is 19.1 Å². The zero-order valence-corrected chi connectivity index (χ0v) is 7.44. The molecule has 4 heteroatoms. The maximum absolute atomic E-state index is 13.5. The Kier molecular flexibility index (Phi) is 1.44. The smallest absolute Gasteiger partial charge is 0.149 e. The summed E-state index contributed by atoms with van der Waals surface area (Å²) in [5.41, 5.74) is 1.19. The van der Waals surface area contributed by atoms with Crippen LogP contribution in [0.5, 0.6) is 0 Å². The Labute approximate surface area is 79.8 Å². The van der Waals surface area contributed by atoms with E-state index < -0.39 is 6.10 Å². The first-order chi connectivity index (χ1) is 6.75. The van der Waals surface area contributed by atoms with Gasteiger partial charge in [-0.25, -0.2) is 9.37 Å². The summed E-state index contributed by atoms with van der Waals surface area (Å²) in [6.07, 6.45) is 0.107. The van der Waals surface area contributed by atoms with Crippen molar-refractivity contribution in [2.24, 2.45) is 0 Å². The number of aliphatic hydroxyl groups excluding tert-OH is 1. The fraction of sp³-hybridized carbons (Fsp3) is 0.300. The lowest BCUT2D eigenvalue weighted by molar-refractivity contribution is 0.176. The first-order valence-corrected chi connectivity index (χ1v) is 4.57. The van der Waals surface area contributed by atoms with Crippen molar-refractivity contribution in [3.63, 3.8) is 0 Å². The van der Waals surface area contributed by atoms with Crippen molar-refractivity contribution in [2.75, 3.05) is 0 Å². The molecular weight excluding hydrogens is 183 g/mol. The van der Waals surface area contributed by atoms with Gasteiger partial charge in [0, 0.05) is 6.42 Å². The summed E-state index contributed by atoms with van der Waals surface area (Å²) in [7, 11) is 0. The van der Waals surface area contributed by atoms with E-state index in [4.69, 9.17) is 0 Å². The Balaban J connectivity index is 2.35. The molecule has 0 bridgehead atoms. The van der Waals surface area contributed by atoms with Crippen LogP contribution in [0.1, 0.15) is 5.82 Å². The van der Waals surface area contributed by atoms with E-state index in [1.54, 1.807) is 16.7 Å². The second kappa shape index (κ2) is 2.54. The summed E-state index contributed by atoms with van der Waals surface area (Å²) in [5, 5.41) is 9.41. The molecule has 0 spiro atoms. The molecule has 1 N–H and O–H groups in total. The Morgan fingerprint density at radius 1 is 1.50 bits per heavy atom. The van der Waals surface area contributed by atoms with Gasteiger partial charge < -0.3 is 9.67 Å². The first kappa shape index (κ1) is 7.94. The van der Waals surface area contributed by atoms with Gasteiger partial charge in [-0.3, -0.25) is 0 Å². The van der Waals surface area contributed by atoms with Gasteiger partial charge in [-0.05, 0) is 12.1 Å². The maximum atomic E-state index is 13.5. The molecule has 0 saturated carbocycles. The fourth-order valence-corrected chi connectivity index (χ4v) is 2.03. The highest BCUT2D eigenvalue weighted by Crippen LogP contribution is 2.24. The van der Waals surface area contributed by atoms with Crippen molar-refractivity contribution < 1.29 is 9.50 Å². The summed E-state index contributed by atoms with van der Waals surface area (Å²) in [5.74, 6) is 0.507. The summed E-state index contributed by atoms with van der Waals surface area (Å²) < 4.78 is 15.2. The van der Waals surface area contributed by atoms with Crippen LogP contribution in [-0.2, 0) is 13.0 Å². The molecule has 0 fully saturated rings. The molecule has 0 amide bonds. The van der Waals surface area contributed by atoms with E-state index >= 15 is 0 Å². The van der Waals surface area contributed by atoms with Crippen LogP contribution in [0.3, 0.4) is 0 Å². The quantitative estimate of drug-likeness (QED) is 0.678. The van der Waals surface area contributed by atoms with Gasteiger partial charge in [0.2, 0.25) is 0 Å². The lowest BCUT2D eigenvalue weighted by atomic mass is 10.3. The molecule has 0 aliphatic carbocycles. The average molecular weight is 192 g/mol. The minimum Gasteiger partial charge on any atom is -0.391 e. The number of para-hydroxylation sites is 1. The van der Waals surface area contributed by atoms with E-state index in [0.717, 1.165) is 5.82 Å². The lowest BCUT2D eigenvalue weighted by Gasteiger charge is -2.01. The second-order valence-corrected chi connectivity index (χ2v) is 3.60. The third-order valence-electron chi connectivity index (χ3n) is 2.61. The number of aromatic nitrogens is 2. The molecule has 1 atom stereocenters. The van der Waals surface area contributed by atoms with Gasteiger partial charge >= 0.3 is 0 Å². The molecule has 2 heterocycles. The molecule has 72 valence electrons. The molecule has 3 rings (SSSR count). The maximum Gasteiger partial charge on any atom is 0.149 e. The van der Waals surface area contributed by atoms with E-state index in [1.165, 1.54) is 6.07 Å². The minimum atomic E-state index is -0.415. The Hall–Kier alpha value is -1.42. The molecule has 1 aliphatic rings. The highest BCUT2D eigenvalue weighted by atomic mass is 19.1.